The Morgan fingerprint density at radius 3 is 2.67 bits per heavy atom. The summed E-state index contributed by atoms with van der Waals surface area (Å²) in [7, 11) is 0. The first kappa shape index (κ1) is 10.1. The van der Waals surface area contributed by atoms with Gasteiger partial charge in [0.1, 0.15) is 0 Å². The minimum absolute atomic E-state index is 0.625. The highest BCUT2D eigenvalue weighted by Gasteiger charge is 2.41. The monoisotopic (exact) mass is 208 g/mol. The van der Waals surface area contributed by atoms with Gasteiger partial charge in [-0.15, -0.1) is 0 Å². The molecule has 0 aromatic heterocycles. The van der Waals surface area contributed by atoms with Crippen molar-refractivity contribution in [3.63, 3.8) is 0 Å². The Bertz CT molecular complexity index is 217. The molecule has 0 unspecified atom stereocenters. The molecular formula is C13H24N2. The van der Waals surface area contributed by atoms with Gasteiger partial charge in [0.05, 0.1) is 0 Å². The van der Waals surface area contributed by atoms with Crippen LogP contribution in [-0.2, 0) is 0 Å². The van der Waals surface area contributed by atoms with Crippen LogP contribution in [0.3, 0.4) is 0 Å². The first-order valence-corrected chi connectivity index (χ1v) is 6.85. The largest absolute Gasteiger partial charge is 0.317 e. The van der Waals surface area contributed by atoms with E-state index in [1.54, 1.807) is 0 Å². The van der Waals surface area contributed by atoms with Gasteiger partial charge in [-0.2, -0.15) is 0 Å². The Balaban J connectivity index is 1.59. The number of hydrogen-bond acceptors (Lipinski definition) is 2. The second-order valence-corrected chi connectivity index (χ2v) is 5.80. The summed E-state index contributed by atoms with van der Waals surface area (Å²) in [5.41, 5.74) is 0.625. The zero-order chi connectivity index (χ0) is 10.1. The molecule has 2 nitrogen and oxygen atoms in total. The maximum atomic E-state index is 3.51. The first-order chi connectivity index (χ1) is 7.39. The molecular weight excluding hydrogens is 184 g/mol. The van der Waals surface area contributed by atoms with Gasteiger partial charge in [0, 0.05) is 5.54 Å². The van der Waals surface area contributed by atoms with Crippen molar-refractivity contribution in [3.8, 4) is 0 Å². The Morgan fingerprint density at radius 2 is 1.93 bits per heavy atom. The molecule has 1 N–H and O–H groups in total. The van der Waals surface area contributed by atoms with Crippen molar-refractivity contribution >= 4 is 0 Å². The summed E-state index contributed by atoms with van der Waals surface area (Å²) < 4.78 is 0. The van der Waals surface area contributed by atoms with E-state index < -0.39 is 0 Å². The van der Waals surface area contributed by atoms with E-state index in [1.165, 1.54) is 71.1 Å². The Labute approximate surface area is 93.4 Å². The molecule has 0 atom stereocenters. The van der Waals surface area contributed by atoms with E-state index in [9.17, 15) is 0 Å². The molecule has 2 heteroatoms. The van der Waals surface area contributed by atoms with Crippen molar-refractivity contribution < 1.29 is 0 Å². The minimum Gasteiger partial charge on any atom is -0.317 e. The highest BCUT2D eigenvalue weighted by Crippen LogP contribution is 2.39. The summed E-state index contributed by atoms with van der Waals surface area (Å²) in [6, 6.07) is 0. The van der Waals surface area contributed by atoms with Crippen LogP contribution in [0.25, 0.3) is 0 Å². The van der Waals surface area contributed by atoms with Gasteiger partial charge >= 0.3 is 0 Å². The van der Waals surface area contributed by atoms with E-state index >= 15 is 0 Å². The molecule has 3 rings (SSSR count). The van der Waals surface area contributed by atoms with Crippen LogP contribution in [0.2, 0.25) is 0 Å². The number of rotatable bonds is 3. The maximum Gasteiger partial charge on any atom is 0.0234 e. The molecule has 86 valence electrons. The Kier molecular flexibility index (Phi) is 2.73. The molecule has 1 spiro atoms. The lowest BCUT2D eigenvalue weighted by atomic mass is 9.85. The maximum absolute atomic E-state index is 3.51. The highest BCUT2D eigenvalue weighted by molar-refractivity contribution is 4.99. The Morgan fingerprint density at radius 1 is 1.13 bits per heavy atom. The van der Waals surface area contributed by atoms with Crippen molar-refractivity contribution in [2.24, 2.45) is 5.92 Å². The third kappa shape index (κ3) is 2.07. The number of hydrogen-bond donors (Lipinski definition) is 1. The molecule has 0 aromatic rings. The van der Waals surface area contributed by atoms with Crippen molar-refractivity contribution in [3.05, 3.63) is 0 Å². The van der Waals surface area contributed by atoms with Gasteiger partial charge < -0.3 is 5.32 Å². The van der Waals surface area contributed by atoms with E-state index in [0.717, 1.165) is 5.92 Å². The van der Waals surface area contributed by atoms with Gasteiger partial charge in [-0.1, -0.05) is 12.8 Å². The third-order valence-corrected chi connectivity index (χ3v) is 4.78. The molecule has 15 heavy (non-hydrogen) atoms. The fraction of sp³-hybridized carbons (Fsp3) is 1.00. The van der Waals surface area contributed by atoms with E-state index in [4.69, 9.17) is 0 Å². The smallest absolute Gasteiger partial charge is 0.0234 e. The lowest BCUT2D eigenvalue weighted by Gasteiger charge is -2.42. The Hall–Kier alpha value is -0.0800. The predicted octanol–water partition coefficient (Wildman–Crippen LogP) is 2.00. The van der Waals surface area contributed by atoms with Crippen LogP contribution >= 0.6 is 0 Å². The van der Waals surface area contributed by atoms with Gasteiger partial charge in [0.15, 0.2) is 0 Å². The lowest BCUT2D eigenvalue weighted by Crippen LogP contribution is -2.51. The van der Waals surface area contributed by atoms with Gasteiger partial charge in [-0.05, 0) is 64.2 Å². The molecule has 0 bridgehead atoms. The number of nitrogens with zero attached hydrogens (tertiary/aromatic N) is 1. The van der Waals surface area contributed by atoms with Crippen molar-refractivity contribution in [1.29, 1.82) is 0 Å². The van der Waals surface area contributed by atoms with Gasteiger partial charge in [0.2, 0.25) is 0 Å². The van der Waals surface area contributed by atoms with Gasteiger partial charge in [-0.3, -0.25) is 4.90 Å². The summed E-state index contributed by atoms with van der Waals surface area (Å²) in [4.78, 5) is 2.84. The molecule has 2 heterocycles. The van der Waals surface area contributed by atoms with Crippen LogP contribution in [0.15, 0.2) is 0 Å². The minimum atomic E-state index is 0.625. The summed E-state index contributed by atoms with van der Waals surface area (Å²) in [5.74, 6) is 1.10. The zero-order valence-corrected chi connectivity index (χ0v) is 9.80. The lowest BCUT2D eigenvalue weighted by molar-refractivity contribution is 0.0971. The fourth-order valence-corrected chi connectivity index (χ4v) is 3.55. The second-order valence-electron chi connectivity index (χ2n) is 5.80. The standard InChI is InChI=1S/C13H24N2/c1-5-13(6-8-14-9-7-13)15(10-1)11-4-12-2-3-12/h12,14H,1-11H2. The number of likely N-dealkylation sites (tertiary alicyclic amines) is 1. The topological polar surface area (TPSA) is 15.3 Å². The SMILES string of the molecule is C1CN(CCC2CC2)C2(C1)CCNCC2. The van der Waals surface area contributed by atoms with Crippen LogP contribution in [0.4, 0.5) is 0 Å². The van der Waals surface area contributed by atoms with E-state index in [2.05, 4.69) is 10.2 Å². The molecule has 2 aliphatic heterocycles. The average molecular weight is 208 g/mol. The van der Waals surface area contributed by atoms with Crippen LogP contribution in [0, 0.1) is 5.92 Å². The third-order valence-electron chi connectivity index (χ3n) is 4.78. The quantitative estimate of drug-likeness (QED) is 0.763. The zero-order valence-electron chi connectivity index (χ0n) is 9.80. The van der Waals surface area contributed by atoms with E-state index in [1.807, 2.05) is 0 Å². The van der Waals surface area contributed by atoms with Crippen LogP contribution in [-0.4, -0.2) is 36.6 Å². The number of piperidine rings is 1. The fourth-order valence-electron chi connectivity index (χ4n) is 3.55. The summed E-state index contributed by atoms with van der Waals surface area (Å²) in [6.45, 7) is 5.28. The molecule has 1 saturated carbocycles. The molecule has 0 radical (unpaired) electrons. The normalized spacial score (nSPS) is 31.2. The van der Waals surface area contributed by atoms with Crippen LogP contribution < -0.4 is 5.32 Å². The molecule has 2 saturated heterocycles. The van der Waals surface area contributed by atoms with Crippen LogP contribution in [0.5, 0.6) is 0 Å². The van der Waals surface area contributed by atoms with Crippen molar-refractivity contribution in [2.45, 2.75) is 50.5 Å². The van der Waals surface area contributed by atoms with Gasteiger partial charge in [-0.25, -0.2) is 0 Å². The first-order valence-electron chi connectivity index (χ1n) is 6.85. The number of nitrogens with one attached hydrogen (secondary N) is 1. The average Bonchev–Trinajstić information content (AvgIpc) is 3.02. The van der Waals surface area contributed by atoms with E-state index in [0.29, 0.717) is 5.54 Å². The summed E-state index contributed by atoms with van der Waals surface area (Å²) in [5, 5.41) is 3.51. The predicted molar refractivity (Wildman–Crippen MR) is 63.0 cm³/mol. The van der Waals surface area contributed by atoms with Gasteiger partial charge in [0.25, 0.3) is 0 Å². The summed E-state index contributed by atoms with van der Waals surface area (Å²) >= 11 is 0. The molecule has 1 aliphatic carbocycles. The molecule has 3 fully saturated rings. The molecule has 0 amide bonds. The molecule has 0 aromatic carbocycles. The van der Waals surface area contributed by atoms with Crippen LogP contribution in [0.1, 0.15) is 44.9 Å². The van der Waals surface area contributed by atoms with Crippen molar-refractivity contribution in [2.75, 3.05) is 26.2 Å². The van der Waals surface area contributed by atoms with E-state index in [-0.39, 0.29) is 0 Å². The highest BCUT2D eigenvalue weighted by atomic mass is 15.2. The molecule has 3 aliphatic rings. The second kappa shape index (κ2) is 4.06. The van der Waals surface area contributed by atoms with Crippen molar-refractivity contribution in [1.82, 2.24) is 10.2 Å². The summed E-state index contributed by atoms with van der Waals surface area (Å²) in [6.07, 6.45) is 10.2.